The topological polar surface area (TPSA) is 4.93 Å². The quantitative estimate of drug-likeness (QED) is 0.435. The lowest BCUT2D eigenvalue weighted by atomic mass is 10.2. The lowest BCUT2D eigenvalue weighted by Crippen LogP contribution is -2.26. The van der Waals surface area contributed by atoms with Crippen LogP contribution in [0.3, 0.4) is 0 Å². The molecule has 124 valence electrons. The predicted molar refractivity (Wildman–Crippen MR) is 115 cm³/mol. The van der Waals surface area contributed by atoms with Crippen LogP contribution in [0, 0.1) is 0 Å². The second kappa shape index (κ2) is 6.32. The van der Waals surface area contributed by atoms with Crippen molar-refractivity contribution in [2.24, 2.45) is 0 Å². The predicted octanol–water partition coefficient (Wildman–Crippen LogP) is 3.90. The molecule has 0 saturated carbocycles. The summed E-state index contributed by atoms with van der Waals surface area (Å²) in [4.78, 5) is 0. The number of para-hydroxylation sites is 2. The molecule has 0 bridgehead atoms. The monoisotopic (exact) mass is 349 g/mol. The van der Waals surface area contributed by atoms with Gasteiger partial charge in [0.1, 0.15) is 0 Å². The van der Waals surface area contributed by atoms with Gasteiger partial charge in [0.2, 0.25) is 0 Å². The molecule has 0 atom stereocenters. The SMILES string of the molecule is c1ccc([SiH2]c2ccc(-n3c4ccccc4c4ccccc43)cc2)cc1. The van der Waals surface area contributed by atoms with Gasteiger partial charge < -0.3 is 4.57 Å². The zero-order valence-electron chi connectivity index (χ0n) is 14.5. The van der Waals surface area contributed by atoms with E-state index < -0.39 is 9.52 Å². The van der Waals surface area contributed by atoms with Gasteiger partial charge in [-0.2, -0.15) is 0 Å². The van der Waals surface area contributed by atoms with Gasteiger partial charge in [0, 0.05) is 16.5 Å². The van der Waals surface area contributed by atoms with E-state index in [9.17, 15) is 0 Å². The number of fused-ring (bicyclic) bond motifs is 3. The van der Waals surface area contributed by atoms with Crippen LogP contribution in [0.5, 0.6) is 0 Å². The zero-order valence-corrected chi connectivity index (χ0v) is 15.9. The first kappa shape index (κ1) is 15.2. The summed E-state index contributed by atoms with van der Waals surface area (Å²) in [5, 5.41) is 5.58. The maximum absolute atomic E-state index is 2.37. The highest BCUT2D eigenvalue weighted by Gasteiger charge is 2.11. The van der Waals surface area contributed by atoms with Gasteiger partial charge in [-0.05, 0) is 24.3 Å². The molecule has 0 aliphatic rings. The van der Waals surface area contributed by atoms with Gasteiger partial charge in [0.25, 0.3) is 0 Å². The van der Waals surface area contributed by atoms with Crippen LogP contribution in [0.2, 0.25) is 0 Å². The van der Waals surface area contributed by atoms with Gasteiger partial charge in [-0.15, -0.1) is 0 Å². The average molecular weight is 350 g/mol. The van der Waals surface area contributed by atoms with Crippen molar-refractivity contribution < 1.29 is 0 Å². The van der Waals surface area contributed by atoms with Gasteiger partial charge in [-0.3, -0.25) is 0 Å². The Morgan fingerprint density at radius 2 is 0.962 bits per heavy atom. The molecule has 5 rings (SSSR count). The molecule has 1 nitrogen and oxygen atoms in total. The van der Waals surface area contributed by atoms with E-state index in [1.54, 1.807) is 0 Å². The van der Waals surface area contributed by atoms with Crippen LogP contribution >= 0.6 is 0 Å². The molecule has 5 aromatic rings. The Morgan fingerprint density at radius 1 is 0.462 bits per heavy atom. The minimum absolute atomic E-state index is 0.408. The first-order chi connectivity index (χ1) is 12.9. The maximum Gasteiger partial charge on any atom is 0.0875 e. The molecular formula is C24H19NSi. The standard InChI is InChI=1S/C24H19NSi/c1-2-8-19(9-3-1)26-20-16-14-18(15-17-20)25-23-12-6-4-10-21(23)22-11-5-7-13-24(22)25/h1-17H,26H2. The minimum atomic E-state index is -0.408. The molecule has 0 fully saturated rings. The van der Waals surface area contributed by atoms with E-state index in [-0.39, 0.29) is 0 Å². The second-order valence-electron chi connectivity index (χ2n) is 6.70. The lowest BCUT2D eigenvalue weighted by molar-refractivity contribution is 1.18. The first-order valence-corrected chi connectivity index (χ1v) is 10.4. The molecule has 0 N–H and O–H groups in total. The third kappa shape index (κ3) is 2.56. The van der Waals surface area contributed by atoms with Crippen LogP contribution in [0.1, 0.15) is 0 Å². The molecule has 0 amide bonds. The number of hydrogen-bond acceptors (Lipinski definition) is 0. The minimum Gasteiger partial charge on any atom is -0.309 e. The smallest absolute Gasteiger partial charge is 0.0875 e. The van der Waals surface area contributed by atoms with E-state index >= 15 is 0 Å². The Hall–Kier alpha value is -3.10. The molecular weight excluding hydrogens is 330 g/mol. The zero-order chi connectivity index (χ0) is 17.3. The third-order valence-corrected chi connectivity index (χ3v) is 6.78. The van der Waals surface area contributed by atoms with Crippen molar-refractivity contribution in [3.05, 3.63) is 103 Å². The maximum atomic E-state index is 2.37. The highest BCUT2D eigenvalue weighted by molar-refractivity contribution is 6.67. The van der Waals surface area contributed by atoms with Crippen molar-refractivity contribution in [2.75, 3.05) is 0 Å². The Kier molecular flexibility index (Phi) is 3.69. The summed E-state index contributed by atoms with van der Waals surface area (Å²) in [6.45, 7) is 0. The van der Waals surface area contributed by atoms with Crippen LogP contribution in [-0.2, 0) is 0 Å². The van der Waals surface area contributed by atoms with Gasteiger partial charge in [-0.25, -0.2) is 0 Å². The molecule has 2 heteroatoms. The van der Waals surface area contributed by atoms with E-state index in [2.05, 4.69) is 108 Å². The number of aromatic nitrogens is 1. The lowest BCUT2D eigenvalue weighted by Gasteiger charge is -2.09. The number of hydrogen-bond donors (Lipinski definition) is 0. The van der Waals surface area contributed by atoms with Crippen molar-refractivity contribution in [1.82, 2.24) is 4.57 Å². The highest BCUT2D eigenvalue weighted by Crippen LogP contribution is 2.31. The molecule has 0 unspecified atom stereocenters. The molecule has 1 heterocycles. The fraction of sp³-hybridized carbons (Fsp3) is 0. The molecule has 0 aliphatic carbocycles. The molecule has 1 aromatic heterocycles. The summed E-state index contributed by atoms with van der Waals surface area (Å²) in [6.07, 6.45) is 0. The van der Waals surface area contributed by atoms with E-state index in [1.165, 1.54) is 37.9 Å². The van der Waals surface area contributed by atoms with E-state index in [0.717, 1.165) is 0 Å². The fourth-order valence-corrected chi connectivity index (χ4v) is 5.25. The van der Waals surface area contributed by atoms with E-state index in [1.807, 2.05) is 0 Å². The summed E-state index contributed by atoms with van der Waals surface area (Å²) in [5.41, 5.74) is 3.76. The van der Waals surface area contributed by atoms with Gasteiger partial charge in [-0.1, -0.05) is 89.2 Å². The van der Waals surface area contributed by atoms with Crippen molar-refractivity contribution in [3.8, 4) is 5.69 Å². The molecule has 0 radical (unpaired) electrons. The summed E-state index contributed by atoms with van der Waals surface area (Å²) >= 11 is 0. The summed E-state index contributed by atoms with van der Waals surface area (Å²) < 4.78 is 2.37. The van der Waals surface area contributed by atoms with Gasteiger partial charge >= 0.3 is 0 Å². The van der Waals surface area contributed by atoms with Crippen molar-refractivity contribution >= 4 is 41.7 Å². The molecule has 4 aromatic carbocycles. The van der Waals surface area contributed by atoms with Crippen molar-refractivity contribution in [3.63, 3.8) is 0 Å². The van der Waals surface area contributed by atoms with Gasteiger partial charge in [0.15, 0.2) is 0 Å². The molecule has 0 spiro atoms. The van der Waals surface area contributed by atoms with E-state index in [0.29, 0.717) is 0 Å². The Balaban J connectivity index is 1.61. The molecule has 0 saturated heterocycles. The third-order valence-electron chi connectivity index (χ3n) is 5.03. The van der Waals surface area contributed by atoms with Crippen LogP contribution in [0.15, 0.2) is 103 Å². The number of rotatable bonds is 3. The van der Waals surface area contributed by atoms with Crippen LogP contribution < -0.4 is 10.4 Å². The van der Waals surface area contributed by atoms with Crippen LogP contribution in [0.25, 0.3) is 27.5 Å². The summed E-state index contributed by atoms with van der Waals surface area (Å²) in [6, 6.07) is 37.3. The Labute approximate surface area is 155 Å². The van der Waals surface area contributed by atoms with Crippen LogP contribution in [0.4, 0.5) is 0 Å². The largest absolute Gasteiger partial charge is 0.309 e. The Bertz CT molecular complexity index is 1130. The van der Waals surface area contributed by atoms with E-state index in [4.69, 9.17) is 0 Å². The molecule has 0 aliphatic heterocycles. The molecule has 26 heavy (non-hydrogen) atoms. The first-order valence-electron chi connectivity index (χ1n) is 9.01. The second-order valence-corrected chi connectivity index (χ2v) is 8.69. The highest BCUT2D eigenvalue weighted by atomic mass is 28.2. The number of nitrogens with zero attached hydrogens (tertiary/aromatic N) is 1. The normalized spacial score (nSPS) is 11.7. The summed E-state index contributed by atoms with van der Waals surface area (Å²) in [5.74, 6) is 0. The number of benzene rings is 4. The Morgan fingerprint density at radius 3 is 1.58 bits per heavy atom. The van der Waals surface area contributed by atoms with Crippen molar-refractivity contribution in [2.45, 2.75) is 0 Å². The van der Waals surface area contributed by atoms with Crippen molar-refractivity contribution in [1.29, 1.82) is 0 Å². The fourth-order valence-electron chi connectivity index (χ4n) is 3.80. The summed E-state index contributed by atoms with van der Waals surface area (Å²) in [7, 11) is -0.408. The average Bonchev–Trinajstić information content (AvgIpc) is 3.04. The van der Waals surface area contributed by atoms with Gasteiger partial charge in [0.05, 0.1) is 20.6 Å². The van der Waals surface area contributed by atoms with Crippen LogP contribution in [-0.4, -0.2) is 14.1 Å².